The lowest BCUT2D eigenvalue weighted by atomic mass is 10.1. The van der Waals surface area contributed by atoms with Gasteiger partial charge in [-0.1, -0.05) is 24.3 Å². The van der Waals surface area contributed by atoms with Crippen LogP contribution in [0.2, 0.25) is 0 Å². The number of sulfonamides is 1. The number of rotatable bonds is 6. The van der Waals surface area contributed by atoms with Crippen molar-refractivity contribution in [3.63, 3.8) is 0 Å². The lowest BCUT2D eigenvalue weighted by molar-refractivity contribution is -0.384. The molecule has 7 nitrogen and oxygen atoms in total. The first kappa shape index (κ1) is 18.8. The van der Waals surface area contributed by atoms with Crippen LogP contribution in [-0.2, 0) is 10.0 Å². The summed E-state index contributed by atoms with van der Waals surface area (Å²) in [7, 11) is -2.40. The molecule has 0 unspecified atom stereocenters. The van der Waals surface area contributed by atoms with Crippen LogP contribution in [0.4, 0.5) is 5.69 Å². The van der Waals surface area contributed by atoms with E-state index in [9.17, 15) is 23.3 Å². The molecule has 0 spiro atoms. The topological polar surface area (TPSA) is 97.6 Å². The van der Waals surface area contributed by atoms with E-state index in [1.54, 1.807) is 13.0 Å². The highest BCUT2D eigenvalue weighted by Gasteiger charge is 2.27. The Hall–Kier alpha value is -2.58. The van der Waals surface area contributed by atoms with Gasteiger partial charge < -0.3 is 0 Å². The van der Waals surface area contributed by atoms with Gasteiger partial charge in [0.15, 0.2) is 5.78 Å². The Labute approximate surface area is 146 Å². The van der Waals surface area contributed by atoms with Crippen molar-refractivity contribution >= 4 is 21.5 Å². The summed E-state index contributed by atoms with van der Waals surface area (Å²) < 4.78 is 26.7. The molecule has 132 valence electrons. The molecule has 2 aromatic carbocycles. The van der Waals surface area contributed by atoms with E-state index in [1.165, 1.54) is 56.4 Å². The number of hydrogen-bond acceptors (Lipinski definition) is 5. The van der Waals surface area contributed by atoms with Crippen molar-refractivity contribution in [2.75, 3.05) is 7.05 Å². The van der Waals surface area contributed by atoms with Crippen LogP contribution in [0.15, 0.2) is 53.4 Å². The molecular formula is C17H18N2O5S. The fraction of sp³-hybridized carbons (Fsp3) is 0.235. The van der Waals surface area contributed by atoms with Crippen molar-refractivity contribution in [1.29, 1.82) is 0 Å². The molecular weight excluding hydrogens is 344 g/mol. The normalized spacial score (nSPS) is 12.8. The zero-order valence-corrected chi connectivity index (χ0v) is 14.9. The number of carbonyl (C=O) groups excluding carboxylic acids is 1. The molecule has 0 saturated heterocycles. The van der Waals surface area contributed by atoms with Crippen molar-refractivity contribution < 1.29 is 18.1 Å². The average molecular weight is 362 g/mol. The Morgan fingerprint density at radius 1 is 1.16 bits per heavy atom. The van der Waals surface area contributed by atoms with Crippen molar-refractivity contribution in [2.24, 2.45) is 0 Å². The highest BCUT2D eigenvalue weighted by Crippen LogP contribution is 2.28. The van der Waals surface area contributed by atoms with Gasteiger partial charge in [-0.15, -0.1) is 0 Å². The quantitative estimate of drug-likeness (QED) is 0.446. The van der Waals surface area contributed by atoms with Gasteiger partial charge in [0.2, 0.25) is 10.0 Å². The SMILES string of the molecule is CC(=O)c1ccc(S(=O)(=O)N(C)[C@@H](C)c2cccc([N+](=O)[O-])c2)cc1. The molecule has 0 bridgehead atoms. The predicted octanol–water partition coefficient (Wildman–Crippen LogP) is 3.18. The van der Waals surface area contributed by atoms with Crippen LogP contribution in [0.1, 0.15) is 35.8 Å². The average Bonchev–Trinajstić information content (AvgIpc) is 2.60. The van der Waals surface area contributed by atoms with Gasteiger partial charge in [-0.05, 0) is 31.5 Å². The summed E-state index contributed by atoms with van der Waals surface area (Å²) >= 11 is 0. The summed E-state index contributed by atoms with van der Waals surface area (Å²) in [5.41, 5.74) is 0.843. The molecule has 0 aliphatic carbocycles. The minimum atomic E-state index is -3.81. The zero-order chi connectivity index (χ0) is 18.8. The second kappa shape index (κ2) is 7.12. The third-order valence-corrected chi connectivity index (χ3v) is 5.99. The standard InChI is InChI=1S/C17H18N2O5S/c1-12(15-5-4-6-16(11-15)19(21)22)18(3)25(23,24)17-9-7-14(8-10-17)13(2)20/h4-12H,1-3H3/t12-/m0/s1. The summed E-state index contributed by atoms with van der Waals surface area (Å²) in [5.74, 6) is -0.151. The third-order valence-electron chi connectivity index (χ3n) is 4.05. The molecule has 0 fully saturated rings. The number of carbonyl (C=O) groups is 1. The lowest BCUT2D eigenvalue weighted by Crippen LogP contribution is -2.29. The minimum Gasteiger partial charge on any atom is -0.295 e. The maximum Gasteiger partial charge on any atom is 0.269 e. The van der Waals surface area contributed by atoms with Crippen LogP contribution >= 0.6 is 0 Å². The van der Waals surface area contributed by atoms with Gasteiger partial charge in [0.1, 0.15) is 0 Å². The van der Waals surface area contributed by atoms with E-state index in [-0.39, 0.29) is 16.4 Å². The van der Waals surface area contributed by atoms with Crippen molar-refractivity contribution in [1.82, 2.24) is 4.31 Å². The maximum absolute atomic E-state index is 12.8. The summed E-state index contributed by atoms with van der Waals surface area (Å²) in [4.78, 5) is 21.7. The molecule has 0 aromatic heterocycles. The van der Waals surface area contributed by atoms with Crippen molar-refractivity contribution in [3.8, 4) is 0 Å². The van der Waals surface area contributed by atoms with Crippen LogP contribution in [-0.4, -0.2) is 30.5 Å². The van der Waals surface area contributed by atoms with E-state index in [4.69, 9.17) is 0 Å². The molecule has 1 atom stereocenters. The highest BCUT2D eigenvalue weighted by molar-refractivity contribution is 7.89. The molecule has 0 heterocycles. The van der Waals surface area contributed by atoms with Crippen LogP contribution in [0.5, 0.6) is 0 Å². The zero-order valence-electron chi connectivity index (χ0n) is 14.0. The fourth-order valence-corrected chi connectivity index (χ4v) is 3.69. The first-order valence-electron chi connectivity index (χ1n) is 7.48. The van der Waals surface area contributed by atoms with Crippen LogP contribution in [0.3, 0.4) is 0 Å². The van der Waals surface area contributed by atoms with E-state index in [0.29, 0.717) is 11.1 Å². The largest absolute Gasteiger partial charge is 0.295 e. The lowest BCUT2D eigenvalue weighted by Gasteiger charge is -2.24. The van der Waals surface area contributed by atoms with Crippen LogP contribution < -0.4 is 0 Å². The Kier molecular flexibility index (Phi) is 5.34. The van der Waals surface area contributed by atoms with Crippen LogP contribution in [0, 0.1) is 10.1 Å². The molecule has 0 saturated carbocycles. The van der Waals surface area contributed by atoms with E-state index in [2.05, 4.69) is 0 Å². The number of Topliss-reactive ketones (excluding diaryl/α,β-unsaturated/α-hetero) is 1. The van der Waals surface area contributed by atoms with Gasteiger partial charge in [0.05, 0.1) is 9.82 Å². The smallest absolute Gasteiger partial charge is 0.269 e. The van der Waals surface area contributed by atoms with Gasteiger partial charge in [0, 0.05) is 30.8 Å². The number of nitro benzene ring substituents is 1. The summed E-state index contributed by atoms with van der Waals surface area (Å²) in [6, 6.07) is 10.9. The Morgan fingerprint density at radius 2 is 1.76 bits per heavy atom. The fourth-order valence-electron chi connectivity index (χ4n) is 2.34. The van der Waals surface area contributed by atoms with Gasteiger partial charge >= 0.3 is 0 Å². The minimum absolute atomic E-state index is 0.0530. The van der Waals surface area contributed by atoms with E-state index < -0.39 is 21.0 Å². The molecule has 0 amide bonds. The number of nitrogens with zero attached hydrogens (tertiary/aromatic N) is 2. The Bertz CT molecular complexity index is 907. The second-order valence-electron chi connectivity index (χ2n) is 5.63. The van der Waals surface area contributed by atoms with Gasteiger partial charge in [0.25, 0.3) is 5.69 Å². The van der Waals surface area contributed by atoms with E-state index in [1.807, 2.05) is 0 Å². The molecule has 2 aromatic rings. The number of benzene rings is 2. The van der Waals surface area contributed by atoms with Gasteiger partial charge in [-0.2, -0.15) is 4.31 Å². The molecule has 0 N–H and O–H groups in total. The molecule has 25 heavy (non-hydrogen) atoms. The third kappa shape index (κ3) is 3.92. The number of non-ortho nitro benzene ring substituents is 1. The molecule has 8 heteroatoms. The van der Waals surface area contributed by atoms with Gasteiger partial charge in [-0.3, -0.25) is 14.9 Å². The van der Waals surface area contributed by atoms with Crippen LogP contribution in [0.25, 0.3) is 0 Å². The molecule has 2 rings (SSSR count). The monoisotopic (exact) mass is 362 g/mol. The predicted molar refractivity (Wildman–Crippen MR) is 92.9 cm³/mol. The van der Waals surface area contributed by atoms with E-state index in [0.717, 1.165) is 4.31 Å². The molecule has 0 radical (unpaired) electrons. The van der Waals surface area contributed by atoms with E-state index >= 15 is 0 Å². The Morgan fingerprint density at radius 3 is 2.28 bits per heavy atom. The Balaban J connectivity index is 2.34. The first-order valence-corrected chi connectivity index (χ1v) is 8.92. The summed E-state index contributed by atoms with van der Waals surface area (Å²) in [5, 5.41) is 10.9. The number of ketones is 1. The maximum atomic E-state index is 12.8. The molecule has 0 aliphatic rings. The highest BCUT2D eigenvalue weighted by atomic mass is 32.2. The first-order chi connectivity index (χ1) is 11.6. The number of hydrogen-bond donors (Lipinski definition) is 0. The molecule has 0 aliphatic heterocycles. The number of nitro groups is 1. The second-order valence-corrected chi connectivity index (χ2v) is 7.63. The van der Waals surface area contributed by atoms with Gasteiger partial charge in [-0.25, -0.2) is 8.42 Å². The van der Waals surface area contributed by atoms with Crippen molar-refractivity contribution in [3.05, 3.63) is 69.8 Å². The van der Waals surface area contributed by atoms with Crippen molar-refractivity contribution in [2.45, 2.75) is 24.8 Å². The summed E-state index contributed by atoms with van der Waals surface area (Å²) in [6.45, 7) is 3.06. The summed E-state index contributed by atoms with van der Waals surface area (Å²) in [6.07, 6.45) is 0.